The monoisotopic (exact) mass is 170 g/mol. The lowest BCUT2D eigenvalue weighted by Gasteiger charge is -1.94. The van der Waals surface area contributed by atoms with E-state index in [1.807, 2.05) is 6.92 Å². The number of nitrogens with two attached hydrogens (primary N) is 1. The van der Waals surface area contributed by atoms with Crippen LogP contribution in [-0.4, -0.2) is 18.1 Å². The third-order valence-corrected chi connectivity index (χ3v) is 1.42. The van der Waals surface area contributed by atoms with Crippen LogP contribution >= 0.6 is 0 Å². The van der Waals surface area contributed by atoms with E-state index in [-0.39, 0.29) is 11.8 Å². The van der Waals surface area contributed by atoms with E-state index in [1.165, 1.54) is 7.11 Å². The number of aromatic nitrogens is 1. The number of carbonyl (C=O) groups is 1. The van der Waals surface area contributed by atoms with Gasteiger partial charge in [0.05, 0.1) is 12.8 Å². The molecule has 0 bridgehead atoms. The highest BCUT2D eigenvalue weighted by Crippen LogP contribution is 2.13. The van der Waals surface area contributed by atoms with E-state index < -0.39 is 5.97 Å². The van der Waals surface area contributed by atoms with Gasteiger partial charge in [-0.15, -0.1) is 0 Å². The zero-order chi connectivity index (χ0) is 9.14. The summed E-state index contributed by atoms with van der Waals surface area (Å²) in [5.41, 5.74) is 5.79. The van der Waals surface area contributed by atoms with Crippen LogP contribution in [0.4, 0.5) is 6.01 Å². The average molecular weight is 170 g/mol. The zero-order valence-corrected chi connectivity index (χ0v) is 6.96. The van der Waals surface area contributed by atoms with Gasteiger partial charge < -0.3 is 14.9 Å². The number of methoxy groups -OCH3 is 1. The molecule has 0 fully saturated rings. The second-order valence-corrected chi connectivity index (χ2v) is 2.17. The summed E-state index contributed by atoms with van der Waals surface area (Å²) in [6, 6.07) is -0.00718. The second-order valence-electron chi connectivity index (χ2n) is 2.17. The van der Waals surface area contributed by atoms with Gasteiger partial charge in [-0.25, -0.2) is 4.79 Å². The Morgan fingerprint density at radius 3 is 2.92 bits per heavy atom. The molecule has 0 radical (unpaired) electrons. The van der Waals surface area contributed by atoms with Crippen molar-refractivity contribution in [1.29, 1.82) is 0 Å². The van der Waals surface area contributed by atoms with Crippen LogP contribution in [0.2, 0.25) is 0 Å². The summed E-state index contributed by atoms with van der Waals surface area (Å²) < 4.78 is 9.31. The number of ether oxygens (including phenoxy) is 1. The molecular weight excluding hydrogens is 160 g/mol. The van der Waals surface area contributed by atoms with Gasteiger partial charge in [0, 0.05) is 0 Å². The summed E-state index contributed by atoms with van der Waals surface area (Å²) in [7, 11) is 1.28. The summed E-state index contributed by atoms with van der Waals surface area (Å²) in [4.78, 5) is 14.8. The molecule has 1 rings (SSSR count). The maximum absolute atomic E-state index is 11.0. The molecule has 0 saturated heterocycles. The van der Waals surface area contributed by atoms with E-state index in [4.69, 9.17) is 10.2 Å². The van der Waals surface area contributed by atoms with Gasteiger partial charge in [-0.05, 0) is 6.42 Å². The van der Waals surface area contributed by atoms with Gasteiger partial charge in [0.15, 0.2) is 0 Å². The molecule has 5 heteroatoms. The summed E-state index contributed by atoms with van der Waals surface area (Å²) >= 11 is 0. The van der Waals surface area contributed by atoms with Gasteiger partial charge in [-0.2, -0.15) is 4.98 Å². The first-order chi connectivity index (χ1) is 5.69. The number of rotatable bonds is 2. The predicted octanol–water partition coefficient (Wildman–Crippen LogP) is 0.606. The third kappa shape index (κ3) is 1.39. The van der Waals surface area contributed by atoms with E-state index in [2.05, 4.69) is 9.72 Å². The van der Waals surface area contributed by atoms with Crippen LogP contribution in [-0.2, 0) is 11.2 Å². The number of oxazole rings is 1. The first-order valence-corrected chi connectivity index (χ1v) is 3.52. The minimum atomic E-state index is -0.545. The van der Waals surface area contributed by atoms with Crippen molar-refractivity contribution in [3.8, 4) is 0 Å². The van der Waals surface area contributed by atoms with Gasteiger partial charge in [-0.1, -0.05) is 6.92 Å². The van der Waals surface area contributed by atoms with E-state index in [0.717, 1.165) is 0 Å². The van der Waals surface area contributed by atoms with Crippen molar-refractivity contribution in [1.82, 2.24) is 4.98 Å². The lowest BCUT2D eigenvalue weighted by atomic mass is 10.3. The normalized spacial score (nSPS) is 9.83. The van der Waals surface area contributed by atoms with E-state index >= 15 is 0 Å². The highest BCUT2D eigenvalue weighted by atomic mass is 16.5. The van der Waals surface area contributed by atoms with E-state index in [9.17, 15) is 4.79 Å². The Bertz CT molecular complexity index is 293. The van der Waals surface area contributed by atoms with Crippen molar-refractivity contribution in [2.24, 2.45) is 0 Å². The molecule has 0 unspecified atom stereocenters. The summed E-state index contributed by atoms with van der Waals surface area (Å²) in [5.74, 6) is -0.450. The molecule has 2 N–H and O–H groups in total. The van der Waals surface area contributed by atoms with Crippen LogP contribution in [0.25, 0.3) is 0 Å². The Kier molecular flexibility index (Phi) is 2.32. The van der Waals surface area contributed by atoms with Crippen molar-refractivity contribution in [3.63, 3.8) is 0 Å². The Morgan fingerprint density at radius 1 is 1.75 bits per heavy atom. The molecule has 5 nitrogen and oxygen atoms in total. The average Bonchev–Trinajstić information content (AvgIpc) is 2.45. The van der Waals surface area contributed by atoms with Gasteiger partial charge in [0.2, 0.25) is 5.76 Å². The molecule has 0 aromatic carbocycles. The van der Waals surface area contributed by atoms with E-state index in [0.29, 0.717) is 12.1 Å². The SMILES string of the molecule is CCc1nc(N)oc1C(=O)OC. The molecule has 66 valence electrons. The lowest BCUT2D eigenvalue weighted by molar-refractivity contribution is 0.0564. The van der Waals surface area contributed by atoms with Crippen molar-refractivity contribution >= 4 is 12.0 Å². The molecular formula is C7H10N2O3. The minimum absolute atomic E-state index is 0.00718. The molecule has 12 heavy (non-hydrogen) atoms. The fourth-order valence-corrected chi connectivity index (χ4v) is 0.862. The quantitative estimate of drug-likeness (QED) is 0.657. The predicted molar refractivity (Wildman–Crippen MR) is 41.6 cm³/mol. The fourth-order valence-electron chi connectivity index (χ4n) is 0.862. The van der Waals surface area contributed by atoms with Crippen molar-refractivity contribution in [3.05, 3.63) is 11.5 Å². The van der Waals surface area contributed by atoms with Crippen LogP contribution in [0.1, 0.15) is 23.2 Å². The topological polar surface area (TPSA) is 78.4 Å². The number of nitrogen functional groups attached to an aromatic ring is 1. The summed E-state index contributed by atoms with van der Waals surface area (Å²) in [6.45, 7) is 1.85. The number of nitrogens with zero attached hydrogens (tertiary/aromatic N) is 1. The van der Waals surface area contributed by atoms with E-state index in [1.54, 1.807) is 0 Å². The fraction of sp³-hybridized carbons (Fsp3) is 0.429. The molecule has 0 spiro atoms. The van der Waals surface area contributed by atoms with Crippen LogP contribution in [0.5, 0.6) is 0 Å². The molecule has 0 aliphatic carbocycles. The molecule has 0 atom stereocenters. The number of hydrogen-bond donors (Lipinski definition) is 1. The standard InChI is InChI=1S/C7H10N2O3/c1-3-4-5(6(10)11-2)12-7(8)9-4/h3H2,1-2H3,(H2,8,9). The van der Waals surface area contributed by atoms with Crippen molar-refractivity contribution in [2.45, 2.75) is 13.3 Å². The highest BCUT2D eigenvalue weighted by molar-refractivity contribution is 5.87. The maximum Gasteiger partial charge on any atom is 0.376 e. The number of carbonyl (C=O) groups excluding carboxylic acids is 1. The van der Waals surface area contributed by atoms with Crippen LogP contribution in [0.3, 0.4) is 0 Å². The highest BCUT2D eigenvalue weighted by Gasteiger charge is 2.17. The van der Waals surface area contributed by atoms with Gasteiger partial charge in [0.1, 0.15) is 0 Å². The minimum Gasteiger partial charge on any atom is -0.463 e. The number of hydrogen-bond acceptors (Lipinski definition) is 5. The molecule has 0 amide bonds. The van der Waals surface area contributed by atoms with Crippen LogP contribution in [0, 0.1) is 0 Å². The first-order valence-electron chi connectivity index (χ1n) is 3.52. The van der Waals surface area contributed by atoms with Crippen molar-refractivity contribution < 1.29 is 13.9 Å². The number of esters is 1. The Hall–Kier alpha value is -1.52. The molecule has 1 heterocycles. The molecule has 0 saturated carbocycles. The largest absolute Gasteiger partial charge is 0.463 e. The van der Waals surface area contributed by atoms with Gasteiger partial charge in [0.25, 0.3) is 6.01 Å². The third-order valence-electron chi connectivity index (χ3n) is 1.42. The molecule has 1 aromatic heterocycles. The Balaban J connectivity index is 3.04. The molecule has 0 aliphatic rings. The second kappa shape index (κ2) is 3.25. The smallest absolute Gasteiger partial charge is 0.376 e. The number of anilines is 1. The first kappa shape index (κ1) is 8.58. The molecule has 0 aliphatic heterocycles. The molecule has 1 aromatic rings. The number of aryl methyl sites for hydroxylation is 1. The van der Waals surface area contributed by atoms with Crippen LogP contribution in [0.15, 0.2) is 4.42 Å². The lowest BCUT2D eigenvalue weighted by Crippen LogP contribution is -2.02. The Labute approximate surface area is 69.5 Å². The maximum atomic E-state index is 11.0. The zero-order valence-electron chi connectivity index (χ0n) is 6.96. The van der Waals surface area contributed by atoms with Crippen molar-refractivity contribution in [2.75, 3.05) is 12.8 Å². The van der Waals surface area contributed by atoms with Gasteiger partial charge >= 0.3 is 5.97 Å². The van der Waals surface area contributed by atoms with Crippen LogP contribution < -0.4 is 5.73 Å². The Morgan fingerprint density at radius 2 is 2.42 bits per heavy atom. The summed E-state index contributed by atoms with van der Waals surface area (Å²) in [6.07, 6.45) is 0.588. The summed E-state index contributed by atoms with van der Waals surface area (Å²) in [5, 5.41) is 0. The van der Waals surface area contributed by atoms with Gasteiger partial charge in [-0.3, -0.25) is 0 Å².